The van der Waals surface area contributed by atoms with Crippen LogP contribution in [0.25, 0.3) is 22.2 Å². The van der Waals surface area contributed by atoms with Crippen molar-refractivity contribution in [2.75, 3.05) is 0 Å². The number of benzene rings is 2. The maximum Gasteiger partial charge on any atom is 0.198 e. The van der Waals surface area contributed by atoms with E-state index in [1.807, 2.05) is 4.57 Å². The predicted molar refractivity (Wildman–Crippen MR) is 107 cm³/mol. The Morgan fingerprint density at radius 3 is 2.07 bits per heavy atom. The number of fused-ring (bicyclic) bond motifs is 2. The van der Waals surface area contributed by atoms with Crippen LogP contribution in [0.3, 0.4) is 0 Å². The van der Waals surface area contributed by atoms with Gasteiger partial charge in [0.1, 0.15) is 11.2 Å². The lowest BCUT2D eigenvalue weighted by atomic mass is 9.92. The Hall–Kier alpha value is -2.83. The first kappa shape index (κ1) is 19.9. The van der Waals surface area contributed by atoms with Crippen molar-refractivity contribution in [3.63, 3.8) is 0 Å². The second-order valence-electron chi connectivity index (χ2n) is 8.13. The van der Waals surface area contributed by atoms with Crippen LogP contribution in [-0.2, 0) is 7.05 Å². The molecular weight excluding hydrogens is 358 g/mol. The summed E-state index contributed by atoms with van der Waals surface area (Å²) in [6.45, 7) is 5.52. The topological polar surface area (TPSA) is 96.6 Å². The number of aryl methyl sites for hydroxylation is 1. The average molecular weight is 381 g/mol. The third-order valence-electron chi connectivity index (χ3n) is 4.84. The minimum absolute atomic E-state index is 0.0805. The number of hydrogen-bond acceptors (Lipinski definition) is 5. The quantitative estimate of drug-likeness (QED) is 0.535. The number of carbonyl (C=O) groups excluding carboxylic acids is 2. The largest absolute Gasteiger partial charge is 0.382 e. The standard InChI is InChI=1S/C22H23NO5/c1-21(2,27)19(25)12-6-8-16-13(10-12)11-15-17(23(16)5)9-7-14(18(15)24)20(26)22(3,4)28/h6-11,27-28H,1-5H3. The number of aliphatic hydroxyl groups is 2. The van der Waals surface area contributed by atoms with Gasteiger partial charge in [-0.25, -0.2) is 0 Å². The highest BCUT2D eigenvalue weighted by atomic mass is 16.3. The summed E-state index contributed by atoms with van der Waals surface area (Å²) in [6, 6.07) is 9.76. The molecule has 0 fully saturated rings. The molecule has 2 aliphatic rings. The highest BCUT2D eigenvalue weighted by Gasteiger charge is 2.29. The summed E-state index contributed by atoms with van der Waals surface area (Å²) in [5.74, 6) is -1.07. The molecule has 1 heterocycles. The lowest BCUT2D eigenvalue weighted by Crippen LogP contribution is -2.35. The zero-order valence-corrected chi connectivity index (χ0v) is 16.5. The van der Waals surface area contributed by atoms with E-state index in [-0.39, 0.29) is 5.56 Å². The van der Waals surface area contributed by atoms with Crippen LogP contribution in [-0.4, -0.2) is 37.5 Å². The normalized spacial score (nSPS) is 12.5. The summed E-state index contributed by atoms with van der Waals surface area (Å²) >= 11 is 0. The van der Waals surface area contributed by atoms with Gasteiger partial charge in [-0.2, -0.15) is 0 Å². The monoisotopic (exact) mass is 381 g/mol. The van der Waals surface area contributed by atoms with Crippen LogP contribution in [0.15, 0.2) is 41.2 Å². The van der Waals surface area contributed by atoms with Crippen LogP contribution < -0.4 is 5.43 Å². The molecule has 0 aromatic heterocycles. The van der Waals surface area contributed by atoms with E-state index in [0.717, 1.165) is 5.52 Å². The zero-order chi connectivity index (χ0) is 21.0. The van der Waals surface area contributed by atoms with Crippen molar-refractivity contribution < 1.29 is 19.8 Å². The molecule has 0 saturated heterocycles. The summed E-state index contributed by atoms with van der Waals surface area (Å²) in [5, 5.41) is 20.6. The molecule has 6 nitrogen and oxygen atoms in total. The Bertz CT molecular complexity index is 1140. The minimum Gasteiger partial charge on any atom is -0.382 e. The first-order valence-electron chi connectivity index (χ1n) is 8.93. The van der Waals surface area contributed by atoms with E-state index in [2.05, 4.69) is 0 Å². The fourth-order valence-electron chi connectivity index (χ4n) is 3.28. The van der Waals surface area contributed by atoms with Gasteiger partial charge in [-0.1, -0.05) is 0 Å². The smallest absolute Gasteiger partial charge is 0.198 e. The van der Waals surface area contributed by atoms with E-state index in [9.17, 15) is 24.6 Å². The fraction of sp³-hybridized carbons (Fsp3) is 0.318. The van der Waals surface area contributed by atoms with Crippen molar-refractivity contribution in [3.8, 4) is 11.3 Å². The molecule has 0 radical (unpaired) electrons. The molecule has 0 amide bonds. The maximum atomic E-state index is 12.9. The van der Waals surface area contributed by atoms with Gasteiger partial charge in [-0.3, -0.25) is 14.4 Å². The van der Waals surface area contributed by atoms with Gasteiger partial charge < -0.3 is 14.8 Å². The molecule has 0 bridgehead atoms. The molecule has 1 aliphatic heterocycles. The molecule has 1 aromatic rings. The Morgan fingerprint density at radius 2 is 1.50 bits per heavy atom. The van der Waals surface area contributed by atoms with E-state index in [1.54, 1.807) is 37.4 Å². The highest BCUT2D eigenvalue weighted by Crippen LogP contribution is 2.28. The second kappa shape index (κ2) is 6.36. The van der Waals surface area contributed by atoms with Crippen molar-refractivity contribution in [2.45, 2.75) is 38.9 Å². The van der Waals surface area contributed by atoms with E-state index >= 15 is 0 Å². The number of carbonyl (C=O) groups is 2. The Kier molecular flexibility index (Phi) is 4.52. The molecule has 1 aromatic carbocycles. The van der Waals surface area contributed by atoms with Gasteiger partial charge in [0.25, 0.3) is 0 Å². The molecule has 0 spiro atoms. The summed E-state index contributed by atoms with van der Waals surface area (Å²) in [6.07, 6.45) is 0. The minimum atomic E-state index is -1.65. The zero-order valence-electron chi connectivity index (χ0n) is 16.5. The molecule has 146 valence electrons. The lowest BCUT2D eigenvalue weighted by molar-refractivity contribution is 0.0486. The van der Waals surface area contributed by atoms with Crippen LogP contribution in [0.5, 0.6) is 0 Å². The summed E-state index contributed by atoms with van der Waals surface area (Å²) in [5.41, 5.74) is -1.65. The van der Waals surface area contributed by atoms with Crippen molar-refractivity contribution in [2.24, 2.45) is 7.05 Å². The molecule has 0 atom stereocenters. The first-order valence-corrected chi connectivity index (χ1v) is 8.93. The second-order valence-corrected chi connectivity index (χ2v) is 8.13. The van der Waals surface area contributed by atoms with E-state index in [0.29, 0.717) is 22.2 Å². The molecule has 0 unspecified atom stereocenters. The van der Waals surface area contributed by atoms with Gasteiger partial charge in [0.15, 0.2) is 17.0 Å². The van der Waals surface area contributed by atoms with Crippen LogP contribution >= 0.6 is 0 Å². The van der Waals surface area contributed by atoms with Gasteiger partial charge in [0.05, 0.1) is 11.3 Å². The number of nitrogens with zero attached hydrogens (tertiary/aromatic N) is 1. The first-order chi connectivity index (χ1) is 12.8. The number of pyridine rings is 1. The van der Waals surface area contributed by atoms with E-state index in [4.69, 9.17) is 0 Å². The number of aromatic nitrogens is 1. The number of ketones is 2. The van der Waals surface area contributed by atoms with Gasteiger partial charge in [0.2, 0.25) is 0 Å². The van der Waals surface area contributed by atoms with Gasteiger partial charge in [-0.05, 0) is 69.5 Å². The van der Waals surface area contributed by atoms with Gasteiger partial charge in [0, 0.05) is 23.7 Å². The third kappa shape index (κ3) is 3.25. The van der Waals surface area contributed by atoms with E-state index in [1.165, 1.54) is 33.8 Å². The molecule has 28 heavy (non-hydrogen) atoms. The van der Waals surface area contributed by atoms with Gasteiger partial charge in [-0.15, -0.1) is 0 Å². The van der Waals surface area contributed by atoms with Crippen LogP contribution in [0.2, 0.25) is 0 Å². The molecular formula is C22H23NO5. The van der Waals surface area contributed by atoms with Gasteiger partial charge >= 0.3 is 0 Å². The fourth-order valence-corrected chi connectivity index (χ4v) is 3.28. The Morgan fingerprint density at radius 1 is 0.893 bits per heavy atom. The maximum absolute atomic E-state index is 12.9. The lowest BCUT2D eigenvalue weighted by Gasteiger charge is -2.20. The van der Waals surface area contributed by atoms with Crippen LogP contribution in [0, 0.1) is 0 Å². The van der Waals surface area contributed by atoms with Crippen LogP contribution in [0.1, 0.15) is 48.4 Å². The molecule has 2 N–H and O–H groups in total. The van der Waals surface area contributed by atoms with Crippen molar-refractivity contribution in [1.82, 2.24) is 4.57 Å². The summed E-state index contributed by atoms with van der Waals surface area (Å²) in [4.78, 5) is 37.7. The molecule has 0 saturated carbocycles. The highest BCUT2D eigenvalue weighted by molar-refractivity contribution is 6.05. The van der Waals surface area contributed by atoms with Crippen molar-refractivity contribution in [1.29, 1.82) is 0 Å². The number of rotatable bonds is 4. The Balaban J connectivity index is 2.30. The summed E-state index contributed by atoms with van der Waals surface area (Å²) < 4.78 is 1.81. The molecule has 6 heteroatoms. The van der Waals surface area contributed by atoms with Crippen molar-refractivity contribution in [3.05, 3.63) is 57.7 Å². The number of Topliss-reactive ketones (excluding diaryl/α,β-unsaturated/α-hetero) is 2. The van der Waals surface area contributed by atoms with Crippen molar-refractivity contribution >= 4 is 22.5 Å². The Labute approximate surface area is 162 Å². The third-order valence-corrected chi connectivity index (χ3v) is 4.84. The predicted octanol–water partition coefficient (Wildman–Crippen LogP) is 2.55. The molecule has 3 rings (SSSR count). The number of hydrogen-bond donors (Lipinski definition) is 2. The SMILES string of the molecule is Cn1c2ccc(C(=O)C(C)(C)O)c(=O)c-2cc2cc(C(=O)C(C)(C)O)ccc21. The van der Waals surface area contributed by atoms with Crippen LogP contribution in [0.4, 0.5) is 0 Å². The molecule has 1 aliphatic carbocycles. The summed E-state index contributed by atoms with van der Waals surface area (Å²) in [7, 11) is 1.79. The van der Waals surface area contributed by atoms with E-state index < -0.39 is 28.2 Å². The average Bonchev–Trinajstić information content (AvgIpc) is 2.59.